The Hall–Kier alpha value is -3.15. The van der Waals surface area contributed by atoms with E-state index in [9.17, 15) is 24.7 Å². The minimum Gasteiger partial charge on any atom is -0.408 e. The number of rotatable bonds is 10. The summed E-state index contributed by atoms with van der Waals surface area (Å²) in [7, 11) is -2.69. The fourth-order valence-electron chi connectivity index (χ4n) is 6.51. The van der Waals surface area contributed by atoms with Gasteiger partial charge < -0.3 is 23.5 Å². The molecular formula is C34H48N10O10P2S2Si. The molecule has 2 aliphatic heterocycles. The van der Waals surface area contributed by atoms with E-state index in [1.54, 1.807) is 13.8 Å². The lowest BCUT2D eigenvalue weighted by Gasteiger charge is -2.41. The Balaban J connectivity index is 1.42. The Morgan fingerprint density at radius 1 is 1.19 bits per heavy atom. The van der Waals surface area contributed by atoms with Crippen LogP contribution in [-0.4, -0.2) is 94.0 Å². The van der Waals surface area contributed by atoms with Crippen molar-refractivity contribution in [3.8, 4) is 12.1 Å². The van der Waals surface area contributed by atoms with Crippen molar-refractivity contribution >= 4 is 74.7 Å². The maximum absolute atomic E-state index is 14.1. The van der Waals surface area contributed by atoms with Crippen LogP contribution < -0.4 is 16.2 Å². The molecule has 9 atom stereocenters. The fraction of sp³-hybridized carbons (Fsp3) is 0.647. The van der Waals surface area contributed by atoms with Gasteiger partial charge in [-0.1, -0.05) is 46.9 Å². The lowest BCUT2D eigenvalue weighted by Crippen LogP contribution is -2.50. The first-order valence-electron chi connectivity index (χ1n) is 18.9. The minimum absolute atomic E-state index is 0.0239. The predicted molar refractivity (Wildman–Crippen MR) is 223 cm³/mol. The third-order valence-electron chi connectivity index (χ3n) is 10.6. The number of aromatic nitrogens is 6. The van der Waals surface area contributed by atoms with E-state index in [4.69, 9.17) is 43.6 Å². The van der Waals surface area contributed by atoms with Crippen LogP contribution in [0.4, 0.5) is 11.8 Å². The summed E-state index contributed by atoms with van der Waals surface area (Å²) >= 11 is 10.5. The molecule has 6 rings (SSSR count). The largest absolute Gasteiger partial charge is 0.408 e. The van der Waals surface area contributed by atoms with E-state index in [2.05, 4.69) is 74.6 Å². The van der Waals surface area contributed by atoms with Gasteiger partial charge >= 0.3 is 13.5 Å². The third-order valence-corrected chi connectivity index (χ3v) is 19.1. The van der Waals surface area contributed by atoms with E-state index in [0.717, 1.165) is 0 Å². The van der Waals surface area contributed by atoms with Gasteiger partial charge in [0.1, 0.15) is 42.1 Å². The lowest BCUT2D eigenvalue weighted by molar-refractivity contribution is -0.118. The van der Waals surface area contributed by atoms with Crippen molar-refractivity contribution in [2.24, 2.45) is 11.8 Å². The molecule has 0 radical (unpaired) electrons. The molecule has 3 fully saturated rings. The zero-order valence-electron chi connectivity index (χ0n) is 33.6. The van der Waals surface area contributed by atoms with Crippen molar-refractivity contribution in [3.63, 3.8) is 0 Å². The van der Waals surface area contributed by atoms with Crippen molar-refractivity contribution in [1.82, 2.24) is 29.5 Å². The van der Waals surface area contributed by atoms with Crippen LogP contribution in [0.1, 0.15) is 65.7 Å². The Morgan fingerprint density at radius 2 is 1.95 bits per heavy atom. The number of fused-ring (bicyclic) bond motifs is 4. The van der Waals surface area contributed by atoms with Gasteiger partial charge in [0, 0.05) is 17.9 Å². The second-order valence-electron chi connectivity index (χ2n) is 16.2. The van der Waals surface area contributed by atoms with Gasteiger partial charge in [-0.15, -0.1) is 0 Å². The van der Waals surface area contributed by atoms with E-state index in [0.29, 0.717) is 18.7 Å². The van der Waals surface area contributed by atoms with Crippen LogP contribution in [0.5, 0.6) is 0 Å². The van der Waals surface area contributed by atoms with E-state index in [-0.39, 0.29) is 65.9 Å². The molecule has 3 aromatic rings. The summed E-state index contributed by atoms with van der Waals surface area (Å²) in [5.41, 5.74) is -0.396. The number of nitrogens with one attached hydrogen (secondary N) is 3. The van der Waals surface area contributed by atoms with Gasteiger partial charge in [0.25, 0.3) is 5.56 Å². The lowest BCUT2D eigenvalue weighted by atomic mass is 10.1. The van der Waals surface area contributed by atoms with Gasteiger partial charge in [-0.3, -0.25) is 38.0 Å². The number of imidazole rings is 1. The van der Waals surface area contributed by atoms with Gasteiger partial charge in [0.15, 0.2) is 25.7 Å². The topological polar surface area (TPSA) is 260 Å². The number of hydrogen-bond acceptors (Lipinski definition) is 18. The molecule has 3 N–H and O–H groups in total. The van der Waals surface area contributed by atoms with Gasteiger partial charge in [0.2, 0.25) is 11.9 Å². The number of thiol groups is 1. The standard InChI is InChI=1S/C34H48N10O10P2S2Si/c1-19(2)30(45)42-33-41-29-25(31(46)43-33)39-18-44(29)32-27-26(54-59(6,7)34(3,4)5)24(51-32)16-49-55(47,57)52-23-12-22(40-28-21(13-36)14-37-17-38-28)11-20(23)15-50-56(58,53-27)48-10-8-9-35/h14,17-20,22-24,26-27,32H,8,10-12,15-16H2,1-7H3,(H,47,57)(H,37,38,40)(H2,41,42,43,45,46)/t20-,22-,23+,24+,26?,27-,32-,55?,56?/m1/s1. The zero-order chi connectivity index (χ0) is 42.9. The normalized spacial score (nSPS) is 30.4. The van der Waals surface area contributed by atoms with Crippen LogP contribution in [0.3, 0.4) is 0 Å². The summed E-state index contributed by atoms with van der Waals surface area (Å²) < 4.78 is 60.8. The molecule has 0 aromatic carbocycles. The first kappa shape index (κ1) is 45.4. The number of carbonyl (C=O) groups excluding carboxylic acids is 1. The Morgan fingerprint density at radius 3 is 2.64 bits per heavy atom. The molecule has 1 saturated carbocycles. The highest BCUT2D eigenvalue weighted by Gasteiger charge is 2.55. The highest BCUT2D eigenvalue weighted by molar-refractivity contribution is 8.44. The molecule has 20 nitrogen and oxygen atoms in total. The molecule has 1 amide bonds. The summed E-state index contributed by atoms with van der Waals surface area (Å²) in [5.74, 6) is -1.04. The molecule has 1 aliphatic carbocycles. The van der Waals surface area contributed by atoms with Gasteiger partial charge in [-0.05, 0) is 42.8 Å². The van der Waals surface area contributed by atoms with Crippen LogP contribution >= 0.6 is 25.8 Å². The van der Waals surface area contributed by atoms with Crippen molar-refractivity contribution in [3.05, 3.63) is 34.8 Å². The monoisotopic (exact) mass is 910 g/mol. The number of aromatic amines is 1. The van der Waals surface area contributed by atoms with Gasteiger partial charge in [-0.25, -0.2) is 19.5 Å². The number of nitrogens with zero attached hydrogens (tertiary/aromatic N) is 7. The highest BCUT2D eigenvalue weighted by atomic mass is 32.7. The van der Waals surface area contributed by atoms with Crippen molar-refractivity contribution in [2.75, 3.05) is 30.5 Å². The van der Waals surface area contributed by atoms with Crippen LogP contribution in [-0.2, 0) is 52.9 Å². The van der Waals surface area contributed by atoms with E-state index < -0.39 is 69.9 Å². The van der Waals surface area contributed by atoms with E-state index in [1.807, 2.05) is 19.2 Å². The third kappa shape index (κ3) is 10.5. The molecule has 5 heterocycles. The molecule has 2 saturated heterocycles. The molecule has 3 aromatic heterocycles. The van der Waals surface area contributed by atoms with Crippen molar-refractivity contribution in [1.29, 1.82) is 10.5 Å². The first-order valence-corrected chi connectivity index (χ1v) is 27.1. The molecule has 59 heavy (non-hydrogen) atoms. The maximum Gasteiger partial charge on any atom is 0.386 e. The molecule has 320 valence electrons. The Bertz CT molecular complexity index is 2280. The van der Waals surface area contributed by atoms with Crippen molar-refractivity contribution < 1.29 is 41.1 Å². The maximum atomic E-state index is 14.1. The number of anilines is 2. The number of H-pyrrole nitrogens is 1. The predicted octanol–water partition coefficient (Wildman–Crippen LogP) is 5.56. The summed E-state index contributed by atoms with van der Waals surface area (Å²) in [4.78, 5) is 45.4. The smallest absolute Gasteiger partial charge is 0.386 e. The molecule has 3 aliphatic rings. The second-order valence-corrected chi connectivity index (χ2v) is 26.8. The van der Waals surface area contributed by atoms with Crippen LogP contribution in [0.25, 0.3) is 11.2 Å². The zero-order valence-corrected chi connectivity index (χ0v) is 38.1. The summed E-state index contributed by atoms with van der Waals surface area (Å²) in [6.07, 6.45) is -0.326. The number of nitriles is 2. The molecular weight excluding hydrogens is 863 g/mol. The SMILES string of the molecule is CC(C)C(=O)Nc1nc2c(ncn2[C@@H]2O[C@H]3COP(=O)(S)O[C@H]4C[C@H](Nc5ncncc5C#N)C[C@@H]4COP(=S)(OCCC#N)O[C@@H]2C3O[Si](C)(C)C(C)(C)C)c(=O)[nH]1. The van der Waals surface area contributed by atoms with Crippen LogP contribution in [0, 0.1) is 34.5 Å². The molecule has 2 bridgehead atoms. The fourth-order valence-corrected chi connectivity index (χ4v) is 11.5. The summed E-state index contributed by atoms with van der Waals surface area (Å²) in [6, 6.07) is 3.80. The summed E-state index contributed by atoms with van der Waals surface area (Å²) in [5, 5.41) is 24.6. The number of carbonyl (C=O) groups is 1. The highest BCUT2D eigenvalue weighted by Crippen LogP contribution is 2.60. The minimum atomic E-state index is -4.13. The van der Waals surface area contributed by atoms with Crippen molar-refractivity contribution in [2.45, 2.75) is 109 Å². The molecule has 25 heteroatoms. The second kappa shape index (κ2) is 18.1. The average Bonchev–Trinajstić information content (AvgIpc) is 3.84. The quantitative estimate of drug-likeness (QED) is 0.0839. The van der Waals surface area contributed by atoms with Gasteiger partial charge in [0.05, 0.1) is 50.9 Å². The number of ether oxygens (including phenoxy) is 1. The number of amides is 1. The number of hydrogen-bond donors (Lipinski definition) is 4. The summed E-state index contributed by atoms with van der Waals surface area (Å²) in [6.45, 7) is 5.10. The van der Waals surface area contributed by atoms with Crippen LogP contribution in [0.2, 0.25) is 18.1 Å². The molecule has 0 spiro atoms. The Kier molecular flexibility index (Phi) is 13.9. The molecule has 3 unspecified atom stereocenters. The van der Waals surface area contributed by atoms with E-state index in [1.165, 1.54) is 23.4 Å². The van der Waals surface area contributed by atoms with Gasteiger partial charge in [-0.2, -0.15) is 15.5 Å². The Labute approximate surface area is 352 Å². The average molecular weight is 911 g/mol. The van der Waals surface area contributed by atoms with E-state index >= 15 is 0 Å². The van der Waals surface area contributed by atoms with Crippen LogP contribution in [0.15, 0.2) is 23.6 Å². The first-order chi connectivity index (χ1) is 27.7.